The second-order valence-corrected chi connectivity index (χ2v) is 5.76. The number of aromatic carboxylic acids is 1. The highest BCUT2D eigenvalue weighted by atomic mass is 32.2. The van der Waals surface area contributed by atoms with Gasteiger partial charge in [0, 0.05) is 10.3 Å². The van der Waals surface area contributed by atoms with E-state index in [2.05, 4.69) is 15.2 Å². The summed E-state index contributed by atoms with van der Waals surface area (Å²) in [6.45, 7) is 0. The number of carboxylic acids is 1. The van der Waals surface area contributed by atoms with Crippen LogP contribution in [0.5, 0.6) is 0 Å². The minimum atomic E-state index is -1.04. The third-order valence-electron chi connectivity index (χ3n) is 2.43. The summed E-state index contributed by atoms with van der Waals surface area (Å²) >= 11 is 2.81. The minimum Gasteiger partial charge on any atom is -0.477 e. The lowest BCUT2D eigenvalue weighted by atomic mass is 10.2. The Labute approximate surface area is 116 Å². The number of para-hydroxylation sites is 1. The van der Waals surface area contributed by atoms with Gasteiger partial charge in [-0.05, 0) is 12.1 Å². The molecule has 1 N–H and O–H groups in total. The Bertz CT molecular complexity index is 744. The van der Waals surface area contributed by atoms with Crippen LogP contribution in [0.2, 0.25) is 0 Å². The number of carboxylic acid groups (broad SMARTS) is 1. The van der Waals surface area contributed by atoms with E-state index >= 15 is 0 Å². The minimum absolute atomic E-state index is 0.0331. The van der Waals surface area contributed by atoms with Gasteiger partial charge in [-0.2, -0.15) is 0 Å². The van der Waals surface area contributed by atoms with Gasteiger partial charge in [0.25, 0.3) is 0 Å². The maximum atomic E-state index is 11.1. The molecule has 7 heteroatoms. The number of aromatic nitrogens is 3. The van der Waals surface area contributed by atoms with Crippen molar-refractivity contribution in [2.24, 2.45) is 0 Å². The van der Waals surface area contributed by atoms with Gasteiger partial charge in [-0.1, -0.05) is 41.3 Å². The molecule has 0 unspecified atom stereocenters. The molecule has 0 bridgehead atoms. The molecule has 5 nitrogen and oxygen atoms in total. The van der Waals surface area contributed by atoms with E-state index in [1.165, 1.54) is 23.1 Å². The Morgan fingerprint density at radius 3 is 2.89 bits per heavy atom. The van der Waals surface area contributed by atoms with Crippen molar-refractivity contribution >= 4 is 40.0 Å². The summed E-state index contributed by atoms with van der Waals surface area (Å²) in [6.07, 6.45) is 0. The van der Waals surface area contributed by atoms with Crippen molar-refractivity contribution in [1.82, 2.24) is 15.2 Å². The van der Waals surface area contributed by atoms with Gasteiger partial charge in [0.1, 0.15) is 11.2 Å². The van der Waals surface area contributed by atoms with Crippen molar-refractivity contribution in [1.29, 1.82) is 0 Å². The van der Waals surface area contributed by atoms with Crippen LogP contribution in [0.1, 0.15) is 10.5 Å². The molecule has 0 fully saturated rings. The second-order valence-electron chi connectivity index (χ2n) is 3.63. The molecule has 3 rings (SSSR count). The predicted molar refractivity (Wildman–Crippen MR) is 72.7 cm³/mol. The molecule has 0 saturated carbocycles. The maximum absolute atomic E-state index is 11.1. The zero-order valence-electron chi connectivity index (χ0n) is 9.48. The highest BCUT2D eigenvalue weighted by Crippen LogP contribution is 2.34. The van der Waals surface area contributed by atoms with Crippen LogP contribution in [0.3, 0.4) is 0 Å². The number of hydrogen-bond acceptors (Lipinski definition) is 6. The molecule has 3 aromatic rings. The van der Waals surface area contributed by atoms with Crippen LogP contribution in [0.25, 0.3) is 10.9 Å². The molecule has 0 aliphatic heterocycles. The predicted octanol–water partition coefficient (Wildman–Crippen LogP) is 2.94. The Hall–Kier alpha value is -1.99. The quantitative estimate of drug-likeness (QED) is 0.799. The van der Waals surface area contributed by atoms with Crippen LogP contribution >= 0.6 is 23.1 Å². The summed E-state index contributed by atoms with van der Waals surface area (Å²) < 4.78 is 0.771. The summed E-state index contributed by atoms with van der Waals surface area (Å²) in [5.41, 5.74) is 2.34. The standard InChI is InChI=1S/C12H7N3O2S2/c16-11(17)9-5-10(19-12-15-13-6-18-12)7-3-1-2-4-8(7)14-9/h1-6H,(H,16,17). The van der Waals surface area contributed by atoms with Crippen LogP contribution < -0.4 is 0 Å². The van der Waals surface area contributed by atoms with Crippen molar-refractivity contribution < 1.29 is 9.90 Å². The van der Waals surface area contributed by atoms with Crippen LogP contribution in [0.15, 0.2) is 45.1 Å². The van der Waals surface area contributed by atoms with Gasteiger partial charge in [-0.25, -0.2) is 9.78 Å². The first-order valence-electron chi connectivity index (χ1n) is 5.31. The van der Waals surface area contributed by atoms with Crippen molar-refractivity contribution in [2.75, 3.05) is 0 Å². The number of benzene rings is 1. The Balaban J connectivity index is 2.17. The van der Waals surface area contributed by atoms with E-state index in [9.17, 15) is 4.79 Å². The van der Waals surface area contributed by atoms with E-state index in [1.807, 2.05) is 18.2 Å². The van der Waals surface area contributed by atoms with Gasteiger partial charge in [0.15, 0.2) is 4.34 Å². The highest BCUT2D eigenvalue weighted by Gasteiger charge is 2.12. The fourth-order valence-corrected chi connectivity index (χ4v) is 3.24. The molecule has 0 aliphatic rings. The lowest BCUT2D eigenvalue weighted by molar-refractivity contribution is 0.0690. The summed E-state index contributed by atoms with van der Waals surface area (Å²) in [5.74, 6) is -1.04. The first kappa shape index (κ1) is 12.1. The van der Waals surface area contributed by atoms with E-state index in [0.29, 0.717) is 5.52 Å². The monoisotopic (exact) mass is 289 g/mol. The third kappa shape index (κ3) is 2.42. The molecule has 0 amide bonds. The number of carbonyl (C=O) groups is 1. The van der Waals surface area contributed by atoms with E-state index < -0.39 is 5.97 Å². The van der Waals surface area contributed by atoms with Gasteiger partial charge in [-0.15, -0.1) is 10.2 Å². The Morgan fingerprint density at radius 2 is 2.16 bits per heavy atom. The molecule has 19 heavy (non-hydrogen) atoms. The number of hydrogen-bond donors (Lipinski definition) is 1. The van der Waals surface area contributed by atoms with Crippen molar-refractivity contribution in [3.63, 3.8) is 0 Å². The van der Waals surface area contributed by atoms with E-state index in [-0.39, 0.29) is 5.69 Å². The number of nitrogens with zero attached hydrogens (tertiary/aromatic N) is 3. The summed E-state index contributed by atoms with van der Waals surface area (Å²) in [7, 11) is 0. The van der Waals surface area contributed by atoms with E-state index in [4.69, 9.17) is 5.11 Å². The van der Waals surface area contributed by atoms with Crippen molar-refractivity contribution in [2.45, 2.75) is 9.24 Å². The summed E-state index contributed by atoms with van der Waals surface area (Å²) in [4.78, 5) is 16.0. The van der Waals surface area contributed by atoms with Crippen molar-refractivity contribution in [3.05, 3.63) is 41.5 Å². The lowest BCUT2D eigenvalue weighted by Crippen LogP contribution is -2.00. The third-order valence-corrected chi connectivity index (χ3v) is 4.27. The molecule has 94 valence electrons. The highest BCUT2D eigenvalue weighted by molar-refractivity contribution is 8.01. The zero-order valence-corrected chi connectivity index (χ0v) is 11.1. The average Bonchev–Trinajstić information content (AvgIpc) is 2.91. The van der Waals surface area contributed by atoms with Crippen LogP contribution in [-0.4, -0.2) is 26.3 Å². The molecule has 2 heterocycles. The fraction of sp³-hybridized carbons (Fsp3) is 0. The molecular weight excluding hydrogens is 282 g/mol. The molecule has 2 aromatic heterocycles. The Morgan fingerprint density at radius 1 is 1.32 bits per heavy atom. The van der Waals surface area contributed by atoms with Crippen LogP contribution in [0, 0.1) is 0 Å². The molecule has 0 radical (unpaired) electrons. The van der Waals surface area contributed by atoms with Gasteiger partial charge < -0.3 is 5.11 Å². The second kappa shape index (κ2) is 4.94. The first-order valence-corrected chi connectivity index (χ1v) is 7.01. The number of fused-ring (bicyclic) bond motifs is 1. The van der Waals surface area contributed by atoms with Gasteiger partial charge >= 0.3 is 5.97 Å². The topological polar surface area (TPSA) is 76.0 Å². The maximum Gasteiger partial charge on any atom is 0.354 e. The number of rotatable bonds is 3. The van der Waals surface area contributed by atoms with E-state index in [1.54, 1.807) is 17.6 Å². The SMILES string of the molecule is O=C(O)c1cc(Sc2nncs2)c2ccccc2n1. The van der Waals surface area contributed by atoms with Crippen LogP contribution in [-0.2, 0) is 0 Å². The smallest absolute Gasteiger partial charge is 0.354 e. The van der Waals surface area contributed by atoms with Gasteiger partial charge in [0.2, 0.25) is 0 Å². The van der Waals surface area contributed by atoms with Crippen LogP contribution in [0.4, 0.5) is 0 Å². The molecule has 0 aliphatic carbocycles. The van der Waals surface area contributed by atoms with Gasteiger partial charge in [-0.3, -0.25) is 0 Å². The molecule has 1 aromatic carbocycles. The first-order chi connectivity index (χ1) is 9.24. The Kier molecular flexibility index (Phi) is 3.14. The molecule has 0 atom stereocenters. The molecule has 0 saturated heterocycles. The number of pyridine rings is 1. The fourth-order valence-electron chi connectivity index (χ4n) is 1.64. The molecule has 0 spiro atoms. The lowest BCUT2D eigenvalue weighted by Gasteiger charge is -2.05. The summed E-state index contributed by atoms with van der Waals surface area (Å²) in [6, 6.07) is 9.01. The molecular formula is C12H7N3O2S2. The normalized spacial score (nSPS) is 10.7. The van der Waals surface area contributed by atoms with Gasteiger partial charge in [0.05, 0.1) is 5.52 Å². The zero-order chi connectivity index (χ0) is 13.2. The average molecular weight is 289 g/mol. The van der Waals surface area contributed by atoms with E-state index in [0.717, 1.165) is 14.6 Å². The largest absolute Gasteiger partial charge is 0.477 e. The summed E-state index contributed by atoms with van der Waals surface area (Å²) in [5, 5.41) is 17.7. The van der Waals surface area contributed by atoms with Crippen molar-refractivity contribution in [3.8, 4) is 0 Å².